The summed E-state index contributed by atoms with van der Waals surface area (Å²) in [5.74, 6) is -1.22. The minimum Gasteiger partial charge on any atom is -0.481 e. The molecule has 0 radical (unpaired) electrons. The van der Waals surface area contributed by atoms with Crippen LogP contribution in [0.3, 0.4) is 0 Å². The molecule has 1 aliphatic rings. The molecule has 2 heterocycles. The second-order valence-electron chi connectivity index (χ2n) is 5.10. The molecule has 2 N–H and O–H groups in total. The molecule has 21 heavy (non-hydrogen) atoms. The summed E-state index contributed by atoms with van der Waals surface area (Å²) >= 11 is 1.46. The molecule has 1 fully saturated rings. The van der Waals surface area contributed by atoms with Crippen molar-refractivity contribution in [3.8, 4) is 10.6 Å². The van der Waals surface area contributed by atoms with Gasteiger partial charge in [-0.05, 0) is 18.9 Å². The average molecular weight is 306 g/mol. The van der Waals surface area contributed by atoms with Crippen molar-refractivity contribution in [1.29, 1.82) is 0 Å². The lowest BCUT2D eigenvalue weighted by atomic mass is 9.80. The third-order valence-electron chi connectivity index (χ3n) is 3.51. The molecule has 1 amide bonds. The van der Waals surface area contributed by atoms with Gasteiger partial charge in [0.2, 0.25) is 5.91 Å². The number of nitrogens with one attached hydrogen (secondary N) is 1. The van der Waals surface area contributed by atoms with Crippen molar-refractivity contribution in [2.45, 2.75) is 25.3 Å². The van der Waals surface area contributed by atoms with Crippen LogP contribution < -0.4 is 5.32 Å². The van der Waals surface area contributed by atoms with Crippen LogP contribution >= 0.6 is 11.3 Å². The van der Waals surface area contributed by atoms with Gasteiger partial charge >= 0.3 is 5.97 Å². The molecule has 1 saturated carbocycles. The fourth-order valence-corrected chi connectivity index (χ4v) is 3.09. The Labute approximate surface area is 124 Å². The number of carbonyl (C=O) groups excluding carboxylic acids is 1. The molecular formula is C14H14N2O4S. The Bertz CT molecular complexity index is 644. The van der Waals surface area contributed by atoms with Crippen molar-refractivity contribution in [2.75, 3.05) is 0 Å². The highest BCUT2D eigenvalue weighted by Crippen LogP contribution is 2.28. The van der Waals surface area contributed by atoms with Crippen LogP contribution in [0.15, 0.2) is 28.4 Å². The van der Waals surface area contributed by atoms with Crippen LogP contribution in [0.5, 0.6) is 0 Å². The highest BCUT2D eigenvalue weighted by atomic mass is 32.1. The van der Waals surface area contributed by atoms with E-state index in [1.165, 1.54) is 11.3 Å². The monoisotopic (exact) mass is 306 g/mol. The minimum atomic E-state index is -0.787. The Morgan fingerprint density at radius 1 is 1.48 bits per heavy atom. The molecule has 3 rings (SSSR count). The first-order valence-electron chi connectivity index (χ1n) is 6.61. The summed E-state index contributed by atoms with van der Waals surface area (Å²) in [6, 6.07) is 1.80. The maximum absolute atomic E-state index is 11.9. The molecule has 1 aliphatic carbocycles. The normalized spacial score (nSPS) is 20.8. The number of carboxylic acids is 1. The van der Waals surface area contributed by atoms with Crippen molar-refractivity contribution < 1.29 is 19.1 Å². The van der Waals surface area contributed by atoms with Crippen LogP contribution in [0.1, 0.15) is 18.5 Å². The van der Waals surface area contributed by atoms with Gasteiger partial charge in [-0.3, -0.25) is 9.59 Å². The fourth-order valence-electron chi connectivity index (χ4n) is 2.29. The number of rotatable bonds is 5. The molecule has 0 aliphatic heterocycles. The quantitative estimate of drug-likeness (QED) is 0.880. The van der Waals surface area contributed by atoms with Gasteiger partial charge in [0.1, 0.15) is 11.3 Å². The Balaban J connectivity index is 1.51. The largest absolute Gasteiger partial charge is 0.481 e. The summed E-state index contributed by atoms with van der Waals surface area (Å²) in [5, 5.41) is 14.3. The number of carbonyl (C=O) groups is 2. The molecule has 2 aromatic heterocycles. The number of nitrogens with zero attached hydrogens (tertiary/aromatic N) is 1. The van der Waals surface area contributed by atoms with Crippen molar-refractivity contribution in [3.05, 3.63) is 29.7 Å². The van der Waals surface area contributed by atoms with Crippen LogP contribution in [-0.4, -0.2) is 28.0 Å². The summed E-state index contributed by atoms with van der Waals surface area (Å²) in [4.78, 5) is 27.0. The first kappa shape index (κ1) is 13.8. The SMILES string of the molecule is O=C(Cc1csc(-c2ccoc2)n1)NC1CC(C(=O)O)C1. The Morgan fingerprint density at radius 2 is 2.29 bits per heavy atom. The van der Waals surface area contributed by atoms with Crippen molar-refractivity contribution in [3.63, 3.8) is 0 Å². The average Bonchev–Trinajstić information content (AvgIpc) is 3.02. The van der Waals surface area contributed by atoms with Crippen molar-refractivity contribution in [2.24, 2.45) is 5.92 Å². The number of aromatic nitrogens is 1. The molecule has 110 valence electrons. The summed E-state index contributed by atoms with van der Waals surface area (Å²) in [6.07, 6.45) is 4.43. The van der Waals surface area contributed by atoms with E-state index in [9.17, 15) is 9.59 Å². The van der Waals surface area contributed by atoms with Gasteiger partial charge in [-0.1, -0.05) is 0 Å². The van der Waals surface area contributed by atoms with Crippen LogP contribution in [0.2, 0.25) is 0 Å². The highest BCUT2D eigenvalue weighted by Gasteiger charge is 2.35. The third-order valence-corrected chi connectivity index (χ3v) is 4.45. The fraction of sp³-hybridized carbons (Fsp3) is 0.357. The number of amides is 1. The lowest BCUT2D eigenvalue weighted by Gasteiger charge is -2.32. The number of thiazole rings is 1. The number of hydrogen-bond donors (Lipinski definition) is 2. The molecule has 2 aromatic rings. The molecule has 0 aromatic carbocycles. The van der Waals surface area contributed by atoms with E-state index in [0.29, 0.717) is 18.5 Å². The molecule has 0 bridgehead atoms. The van der Waals surface area contributed by atoms with Gasteiger partial charge < -0.3 is 14.8 Å². The molecule has 0 atom stereocenters. The van der Waals surface area contributed by atoms with E-state index in [-0.39, 0.29) is 24.3 Å². The lowest BCUT2D eigenvalue weighted by molar-refractivity contribution is -0.146. The first-order valence-corrected chi connectivity index (χ1v) is 7.49. The van der Waals surface area contributed by atoms with E-state index >= 15 is 0 Å². The van der Waals surface area contributed by atoms with Gasteiger partial charge in [0.05, 0.1) is 24.3 Å². The molecule has 0 spiro atoms. The van der Waals surface area contributed by atoms with Crippen molar-refractivity contribution in [1.82, 2.24) is 10.3 Å². The maximum atomic E-state index is 11.9. The molecule has 6 nitrogen and oxygen atoms in total. The molecule has 0 saturated heterocycles. The van der Waals surface area contributed by atoms with Gasteiger partial charge in [0, 0.05) is 17.0 Å². The van der Waals surface area contributed by atoms with E-state index in [2.05, 4.69) is 10.3 Å². The highest BCUT2D eigenvalue weighted by molar-refractivity contribution is 7.13. The smallest absolute Gasteiger partial charge is 0.306 e. The molecule has 0 unspecified atom stereocenters. The zero-order valence-electron chi connectivity index (χ0n) is 11.1. The number of hydrogen-bond acceptors (Lipinski definition) is 5. The topological polar surface area (TPSA) is 92.4 Å². The first-order chi connectivity index (χ1) is 10.1. The summed E-state index contributed by atoms with van der Waals surface area (Å²) < 4.78 is 5.00. The van der Waals surface area contributed by atoms with Crippen LogP contribution in [0.4, 0.5) is 0 Å². The summed E-state index contributed by atoms with van der Waals surface area (Å²) in [7, 11) is 0. The predicted molar refractivity (Wildman–Crippen MR) is 75.8 cm³/mol. The number of aliphatic carboxylic acids is 1. The second-order valence-corrected chi connectivity index (χ2v) is 5.96. The van der Waals surface area contributed by atoms with Crippen molar-refractivity contribution >= 4 is 23.2 Å². The van der Waals surface area contributed by atoms with Gasteiger partial charge in [0.15, 0.2) is 0 Å². The van der Waals surface area contributed by atoms with Gasteiger partial charge in [-0.25, -0.2) is 4.98 Å². The Hall–Kier alpha value is -2.15. The number of carboxylic acid groups (broad SMARTS) is 1. The summed E-state index contributed by atoms with van der Waals surface area (Å²) in [5.41, 5.74) is 1.61. The van der Waals surface area contributed by atoms with E-state index in [0.717, 1.165) is 10.6 Å². The molecule has 7 heteroatoms. The van der Waals surface area contributed by atoms with Crippen LogP contribution in [0, 0.1) is 5.92 Å². The zero-order chi connectivity index (χ0) is 14.8. The second kappa shape index (κ2) is 5.69. The van der Waals surface area contributed by atoms with E-state index < -0.39 is 5.97 Å². The predicted octanol–water partition coefficient (Wildman–Crippen LogP) is 1.92. The summed E-state index contributed by atoms with van der Waals surface area (Å²) in [6.45, 7) is 0. The van der Waals surface area contributed by atoms with Crippen LogP contribution in [0.25, 0.3) is 10.6 Å². The third kappa shape index (κ3) is 3.13. The Morgan fingerprint density at radius 3 is 2.95 bits per heavy atom. The van der Waals surface area contributed by atoms with E-state index in [1.54, 1.807) is 12.5 Å². The van der Waals surface area contributed by atoms with Gasteiger partial charge in [0.25, 0.3) is 0 Å². The maximum Gasteiger partial charge on any atom is 0.306 e. The minimum absolute atomic E-state index is 0.0226. The Kier molecular flexibility index (Phi) is 3.74. The van der Waals surface area contributed by atoms with Gasteiger partial charge in [-0.15, -0.1) is 11.3 Å². The van der Waals surface area contributed by atoms with E-state index in [4.69, 9.17) is 9.52 Å². The van der Waals surface area contributed by atoms with Crippen LogP contribution in [-0.2, 0) is 16.0 Å². The zero-order valence-corrected chi connectivity index (χ0v) is 11.9. The van der Waals surface area contributed by atoms with E-state index in [1.807, 2.05) is 11.4 Å². The number of furan rings is 1. The standard InChI is InChI=1S/C14H14N2O4S/c17-12(15-10-3-9(4-10)14(18)19)5-11-7-21-13(16-11)8-1-2-20-6-8/h1-2,6-7,9-10H,3-5H2,(H,15,17)(H,18,19). The lowest BCUT2D eigenvalue weighted by Crippen LogP contribution is -2.47. The van der Waals surface area contributed by atoms with Gasteiger partial charge in [-0.2, -0.15) is 0 Å². The molecular weight excluding hydrogens is 292 g/mol.